The molecule has 4 heterocycles. The van der Waals surface area contributed by atoms with Gasteiger partial charge in [0.25, 0.3) is 0 Å². The van der Waals surface area contributed by atoms with Crippen molar-refractivity contribution in [2.45, 2.75) is 38.3 Å². The number of rotatable bonds is 1. The van der Waals surface area contributed by atoms with E-state index in [2.05, 4.69) is 31.2 Å². The van der Waals surface area contributed by atoms with Crippen molar-refractivity contribution in [1.82, 2.24) is 19.9 Å². The summed E-state index contributed by atoms with van der Waals surface area (Å²) in [5.41, 5.74) is 3.58. The lowest BCUT2D eigenvalue weighted by molar-refractivity contribution is -0.151. The molecular formula is C24H27N5O3. The van der Waals surface area contributed by atoms with Gasteiger partial charge < -0.3 is 14.8 Å². The second-order valence-corrected chi connectivity index (χ2v) is 8.48. The lowest BCUT2D eigenvalue weighted by atomic mass is 9.97. The number of aryl methyl sites for hydroxylation is 1. The van der Waals surface area contributed by atoms with Gasteiger partial charge in [-0.15, -0.1) is 0 Å². The van der Waals surface area contributed by atoms with E-state index >= 15 is 0 Å². The number of hydrogen-bond acceptors (Lipinski definition) is 8. The van der Waals surface area contributed by atoms with Crippen molar-refractivity contribution in [3.05, 3.63) is 42.6 Å². The SMILES string of the molecule is Cc1ncc(-c2ccc3ncc4cc3c2OCCCOC(=O)[C@@H]2C[C@H](CCN2C)N4)cn1. The molecule has 0 saturated carbocycles. The average Bonchev–Trinajstić information content (AvgIpc) is 2.80. The molecule has 0 unspecified atom stereocenters. The van der Waals surface area contributed by atoms with Gasteiger partial charge in [-0.05, 0) is 45.0 Å². The van der Waals surface area contributed by atoms with Gasteiger partial charge in [0.1, 0.15) is 17.6 Å². The van der Waals surface area contributed by atoms with Crippen molar-refractivity contribution in [3.63, 3.8) is 0 Å². The Bertz CT molecular complexity index is 1130. The van der Waals surface area contributed by atoms with E-state index in [9.17, 15) is 4.79 Å². The topological polar surface area (TPSA) is 89.5 Å². The highest BCUT2D eigenvalue weighted by atomic mass is 16.5. The second kappa shape index (κ2) is 8.70. The van der Waals surface area contributed by atoms with Crippen LogP contribution in [0, 0.1) is 6.92 Å². The van der Waals surface area contributed by atoms with Gasteiger partial charge in [0.2, 0.25) is 0 Å². The third-order valence-electron chi connectivity index (χ3n) is 6.20. The predicted molar refractivity (Wildman–Crippen MR) is 122 cm³/mol. The van der Waals surface area contributed by atoms with E-state index < -0.39 is 0 Å². The van der Waals surface area contributed by atoms with Gasteiger partial charge in [0.05, 0.1) is 30.6 Å². The number of aromatic nitrogens is 3. The maximum absolute atomic E-state index is 12.6. The highest BCUT2D eigenvalue weighted by Gasteiger charge is 2.32. The Kier molecular flexibility index (Phi) is 5.61. The number of cyclic esters (lactones) is 1. The second-order valence-electron chi connectivity index (χ2n) is 8.48. The Labute approximate surface area is 187 Å². The number of likely N-dealkylation sites (tertiary alicyclic amines) is 1. The van der Waals surface area contributed by atoms with E-state index in [1.807, 2.05) is 44.7 Å². The lowest BCUT2D eigenvalue weighted by Crippen LogP contribution is -2.49. The summed E-state index contributed by atoms with van der Waals surface area (Å²) in [4.78, 5) is 28.1. The van der Waals surface area contributed by atoms with Crippen LogP contribution in [0.3, 0.4) is 0 Å². The van der Waals surface area contributed by atoms with Crippen molar-refractivity contribution >= 4 is 22.6 Å². The van der Waals surface area contributed by atoms with Crippen LogP contribution < -0.4 is 10.1 Å². The minimum atomic E-state index is -0.234. The van der Waals surface area contributed by atoms with Gasteiger partial charge in [-0.2, -0.15) is 0 Å². The molecule has 5 rings (SSSR count). The third-order valence-corrected chi connectivity index (χ3v) is 6.20. The molecule has 8 nitrogen and oxygen atoms in total. The maximum atomic E-state index is 12.6. The van der Waals surface area contributed by atoms with E-state index in [0.29, 0.717) is 26.1 Å². The number of fused-ring (bicyclic) bond motifs is 3. The molecular weight excluding hydrogens is 406 g/mol. The summed E-state index contributed by atoms with van der Waals surface area (Å²) in [5.74, 6) is 1.30. The number of nitrogens with zero attached hydrogens (tertiary/aromatic N) is 4. The molecule has 2 atom stereocenters. The number of nitrogens with one attached hydrogen (secondary N) is 1. The Balaban J connectivity index is 1.57. The Morgan fingerprint density at radius 1 is 1.09 bits per heavy atom. The summed E-state index contributed by atoms with van der Waals surface area (Å²) in [6.07, 6.45) is 7.73. The quantitative estimate of drug-likeness (QED) is 0.585. The van der Waals surface area contributed by atoms with E-state index in [0.717, 1.165) is 52.3 Å². The molecule has 0 amide bonds. The first kappa shape index (κ1) is 20.6. The molecule has 1 aromatic carbocycles. The third kappa shape index (κ3) is 4.10. The molecule has 2 aliphatic heterocycles. The number of anilines is 1. The Hall–Kier alpha value is -3.26. The smallest absolute Gasteiger partial charge is 0.323 e. The highest BCUT2D eigenvalue weighted by molar-refractivity contribution is 5.94. The van der Waals surface area contributed by atoms with E-state index in [4.69, 9.17) is 9.47 Å². The van der Waals surface area contributed by atoms with Crippen LogP contribution in [0.5, 0.6) is 5.75 Å². The van der Waals surface area contributed by atoms with Crippen molar-refractivity contribution in [2.24, 2.45) is 0 Å². The fourth-order valence-corrected chi connectivity index (χ4v) is 4.39. The summed E-state index contributed by atoms with van der Waals surface area (Å²) in [6, 6.07) is 6.02. The number of esters is 1. The van der Waals surface area contributed by atoms with E-state index in [-0.39, 0.29) is 18.1 Å². The van der Waals surface area contributed by atoms with Gasteiger partial charge in [-0.3, -0.25) is 14.7 Å². The monoisotopic (exact) mass is 433 g/mol. The standard InChI is InChI=1S/C24H27N5O3/c1-15-25-12-16(13-26-15)19-4-5-21-20-10-18(14-27-21)28-17-6-7-29(2)22(11-17)24(30)32-9-3-8-31-23(19)20/h4-5,10,12-14,17,22,28H,3,6-9,11H2,1-2H3/t17-,22-/m0/s1. The first-order valence-electron chi connectivity index (χ1n) is 11.1. The number of benzene rings is 1. The number of likely N-dealkylation sites (N-methyl/N-ethyl adjacent to an activating group) is 1. The lowest BCUT2D eigenvalue weighted by Gasteiger charge is -2.36. The summed E-state index contributed by atoms with van der Waals surface area (Å²) in [7, 11) is 1.98. The van der Waals surface area contributed by atoms with Crippen molar-refractivity contribution in [1.29, 1.82) is 0 Å². The van der Waals surface area contributed by atoms with Crippen LogP contribution in [-0.2, 0) is 9.53 Å². The number of piperidine rings is 1. The Morgan fingerprint density at radius 3 is 2.75 bits per heavy atom. The molecule has 1 N–H and O–H groups in total. The van der Waals surface area contributed by atoms with Crippen LogP contribution in [0.2, 0.25) is 0 Å². The summed E-state index contributed by atoms with van der Waals surface area (Å²) in [5, 5.41) is 4.52. The minimum Gasteiger partial charge on any atom is -0.492 e. The molecule has 0 spiro atoms. The molecule has 2 aromatic heterocycles. The van der Waals surface area contributed by atoms with Crippen LogP contribution in [0.1, 0.15) is 25.1 Å². The van der Waals surface area contributed by atoms with Crippen LogP contribution in [0.15, 0.2) is 36.8 Å². The van der Waals surface area contributed by atoms with Crippen LogP contribution in [-0.4, -0.2) is 64.7 Å². The van der Waals surface area contributed by atoms with Gasteiger partial charge in [-0.1, -0.05) is 0 Å². The zero-order valence-corrected chi connectivity index (χ0v) is 18.4. The molecule has 4 bridgehead atoms. The molecule has 0 radical (unpaired) electrons. The number of pyridine rings is 1. The molecule has 1 saturated heterocycles. The van der Waals surface area contributed by atoms with Gasteiger partial charge in [-0.25, -0.2) is 9.97 Å². The molecule has 0 aliphatic carbocycles. The van der Waals surface area contributed by atoms with Crippen molar-refractivity contribution < 1.29 is 14.3 Å². The minimum absolute atomic E-state index is 0.164. The zero-order chi connectivity index (χ0) is 22.1. The van der Waals surface area contributed by atoms with Gasteiger partial charge in [0.15, 0.2) is 0 Å². The molecule has 8 heteroatoms. The number of carbonyl (C=O) groups is 1. The molecule has 166 valence electrons. The summed E-state index contributed by atoms with van der Waals surface area (Å²) >= 11 is 0. The van der Waals surface area contributed by atoms with Gasteiger partial charge in [0, 0.05) is 47.9 Å². The molecule has 3 aromatic rings. The normalized spacial score (nSPS) is 22.0. The number of carbonyl (C=O) groups excluding carboxylic acids is 1. The molecule has 32 heavy (non-hydrogen) atoms. The number of ether oxygens (including phenoxy) is 2. The first-order chi connectivity index (χ1) is 15.6. The predicted octanol–water partition coefficient (Wildman–Crippen LogP) is 3.20. The summed E-state index contributed by atoms with van der Waals surface area (Å²) < 4.78 is 11.8. The van der Waals surface area contributed by atoms with E-state index in [1.54, 1.807) is 0 Å². The van der Waals surface area contributed by atoms with Crippen LogP contribution >= 0.6 is 0 Å². The first-order valence-corrected chi connectivity index (χ1v) is 11.1. The molecule has 2 aliphatic rings. The fourth-order valence-electron chi connectivity index (χ4n) is 4.39. The average molecular weight is 434 g/mol. The maximum Gasteiger partial charge on any atom is 0.323 e. The zero-order valence-electron chi connectivity index (χ0n) is 18.4. The van der Waals surface area contributed by atoms with Crippen LogP contribution in [0.25, 0.3) is 22.0 Å². The van der Waals surface area contributed by atoms with Crippen LogP contribution in [0.4, 0.5) is 5.69 Å². The van der Waals surface area contributed by atoms with Crippen molar-refractivity contribution in [3.8, 4) is 16.9 Å². The molecule has 1 fully saturated rings. The van der Waals surface area contributed by atoms with E-state index in [1.165, 1.54) is 0 Å². The largest absolute Gasteiger partial charge is 0.492 e. The van der Waals surface area contributed by atoms with Crippen molar-refractivity contribution in [2.75, 3.05) is 32.1 Å². The Morgan fingerprint density at radius 2 is 1.91 bits per heavy atom. The van der Waals surface area contributed by atoms with Gasteiger partial charge >= 0.3 is 5.97 Å². The fraction of sp³-hybridized carbons (Fsp3) is 0.417. The number of hydrogen-bond donors (Lipinski definition) is 1. The highest BCUT2D eigenvalue weighted by Crippen LogP contribution is 2.37. The summed E-state index contributed by atoms with van der Waals surface area (Å²) in [6.45, 7) is 3.46.